The average molecular weight is 289 g/mol. The zero-order valence-corrected chi connectivity index (χ0v) is 12.4. The van der Waals surface area contributed by atoms with Crippen molar-refractivity contribution in [2.75, 3.05) is 0 Å². The second kappa shape index (κ2) is 6.58. The fourth-order valence-corrected chi connectivity index (χ4v) is 2.16. The van der Waals surface area contributed by atoms with Crippen molar-refractivity contribution in [3.05, 3.63) is 58.6 Å². The van der Waals surface area contributed by atoms with Crippen molar-refractivity contribution < 1.29 is 9.53 Å². The Labute approximate surface area is 124 Å². The van der Waals surface area contributed by atoms with Gasteiger partial charge in [0, 0.05) is 5.56 Å². The number of aryl methyl sites for hydroxylation is 1. The summed E-state index contributed by atoms with van der Waals surface area (Å²) in [5.74, 6) is 1.28. The molecule has 0 heterocycles. The Kier molecular flexibility index (Phi) is 4.80. The fourth-order valence-electron chi connectivity index (χ4n) is 1.94. The van der Waals surface area contributed by atoms with E-state index in [4.69, 9.17) is 16.3 Å². The first-order valence-electron chi connectivity index (χ1n) is 6.67. The number of hydrogen-bond donors (Lipinski definition) is 0. The van der Waals surface area contributed by atoms with Crippen LogP contribution in [0.3, 0.4) is 0 Å². The smallest absolute Gasteiger partial charge is 0.159 e. The van der Waals surface area contributed by atoms with Crippen LogP contribution < -0.4 is 4.74 Å². The van der Waals surface area contributed by atoms with E-state index in [1.54, 1.807) is 18.2 Å². The molecule has 0 aliphatic rings. The van der Waals surface area contributed by atoms with Gasteiger partial charge in [-0.05, 0) is 49.2 Å². The number of benzene rings is 2. The molecule has 0 aliphatic carbocycles. The average Bonchev–Trinajstić information content (AvgIpc) is 2.43. The summed E-state index contributed by atoms with van der Waals surface area (Å²) in [6.07, 6.45) is 2.19. The highest BCUT2D eigenvalue weighted by atomic mass is 35.5. The fraction of sp³-hybridized carbons (Fsp3) is 0.235. The number of carbonyl (C=O) groups is 1. The first-order chi connectivity index (χ1) is 9.60. The van der Waals surface area contributed by atoms with Crippen molar-refractivity contribution in [3.8, 4) is 11.5 Å². The number of hydrogen-bond acceptors (Lipinski definition) is 2. The summed E-state index contributed by atoms with van der Waals surface area (Å²) >= 11 is 6.13. The van der Waals surface area contributed by atoms with Crippen molar-refractivity contribution in [2.45, 2.75) is 26.7 Å². The normalized spacial score (nSPS) is 10.3. The third kappa shape index (κ3) is 3.61. The molecule has 20 heavy (non-hydrogen) atoms. The molecule has 0 spiro atoms. The van der Waals surface area contributed by atoms with E-state index in [2.05, 4.69) is 19.1 Å². The predicted octanol–water partition coefficient (Wildman–Crippen LogP) is 5.29. The van der Waals surface area contributed by atoms with Gasteiger partial charge in [-0.25, -0.2) is 0 Å². The Morgan fingerprint density at radius 3 is 2.40 bits per heavy atom. The van der Waals surface area contributed by atoms with Crippen molar-refractivity contribution in [1.29, 1.82) is 0 Å². The second-order valence-electron chi connectivity index (χ2n) is 4.70. The van der Waals surface area contributed by atoms with Gasteiger partial charge in [0.1, 0.15) is 11.5 Å². The van der Waals surface area contributed by atoms with E-state index in [1.807, 2.05) is 12.1 Å². The predicted molar refractivity (Wildman–Crippen MR) is 82.0 cm³/mol. The summed E-state index contributed by atoms with van der Waals surface area (Å²) in [6, 6.07) is 13.0. The van der Waals surface area contributed by atoms with Crippen LogP contribution in [-0.4, -0.2) is 5.78 Å². The van der Waals surface area contributed by atoms with Gasteiger partial charge in [0.15, 0.2) is 5.78 Å². The van der Waals surface area contributed by atoms with Crippen molar-refractivity contribution in [2.24, 2.45) is 0 Å². The van der Waals surface area contributed by atoms with Crippen LogP contribution in [0.5, 0.6) is 11.5 Å². The molecule has 2 nitrogen and oxygen atoms in total. The molecule has 2 aromatic rings. The lowest BCUT2D eigenvalue weighted by molar-refractivity contribution is 0.101. The minimum absolute atomic E-state index is 0.0117. The number of ketones is 1. The van der Waals surface area contributed by atoms with Gasteiger partial charge in [0.2, 0.25) is 0 Å². The first-order valence-corrected chi connectivity index (χ1v) is 7.05. The molecule has 0 saturated carbocycles. The van der Waals surface area contributed by atoms with Crippen LogP contribution in [0.15, 0.2) is 42.5 Å². The summed E-state index contributed by atoms with van der Waals surface area (Å²) in [4.78, 5) is 11.3. The number of halogens is 1. The van der Waals surface area contributed by atoms with Crippen LogP contribution in [0, 0.1) is 0 Å². The maximum atomic E-state index is 11.3. The molecule has 0 atom stereocenters. The molecule has 0 unspecified atom stereocenters. The highest BCUT2D eigenvalue weighted by molar-refractivity contribution is 6.32. The number of ether oxygens (including phenoxy) is 1. The van der Waals surface area contributed by atoms with Crippen LogP contribution in [0.25, 0.3) is 0 Å². The summed E-state index contributed by atoms with van der Waals surface area (Å²) < 4.78 is 5.73. The summed E-state index contributed by atoms with van der Waals surface area (Å²) in [5, 5.41) is 0.440. The minimum atomic E-state index is -0.0117. The molecule has 0 fully saturated rings. The zero-order chi connectivity index (χ0) is 14.5. The van der Waals surface area contributed by atoms with Crippen molar-refractivity contribution in [3.63, 3.8) is 0 Å². The van der Waals surface area contributed by atoms with Crippen LogP contribution in [-0.2, 0) is 6.42 Å². The van der Waals surface area contributed by atoms with E-state index >= 15 is 0 Å². The molecule has 0 radical (unpaired) electrons. The van der Waals surface area contributed by atoms with Gasteiger partial charge < -0.3 is 4.74 Å². The second-order valence-corrected chi connectivity index (χ2v) is 5.10. The maximum Gasteiger partial charge on any atom is 0.159 e. The van der Waals surface area contributed by atoms with Crippen LogP contribution >= 0.6 is 11.6 Å². The van der Waals surface area contributed by atoms with Gasteiger partial charge >= 0.3 is 0 Å². The Morgan fingerprint density at radius 1 is 1.15 bits per heavy atom. The highest BCUT2D eigenvalue weighted by Crippen LogP contribution is 2.30. The summed E-state index contributed by atoms with van der Waals surface area (Å²) in [7, 11) is 0. The third-order valence-corrected chi connectivity index (χ3v) is 3.32. The topological polar surface area (TPSA) is 26.3 Å². The lowest BCUT2D eigenvalue weighted by Gasteiger charge is -2.09. The molecule has 2 aromatic carbocycles. The summed E-state index contributed by atoms with van der Waals surface area (Å²) in [6.45, 7) is 3.67. The first kappa shape index (κ1) is 14.6. The van der Waals surface area contributed by atoms with Gasteiger partial charge in [-0.15, -0.1) is 0 Å². The third-order valence-electron chi connectivity index (χ3n) is 3.03. The molecule has 0 aromatic heterocycles. The zero-order valence-electron chi connectivity index (χ0n) is 11.7. The highest BCUT2D eigenvalue weighted by Gasteiger charge is 2.07. The summed E-state index contributed by atoms with van der Waals surface area (Å²) in [5.41, 5.74) is 1.87. The van der Waals surface area contributed by atoms with E-state index in [0.29, 0.717) is 16.3 Å². The van der Waals surface area contributed by atoms with E-state index < -0.39 is 0 Å². The van der Waals surface area contributed by atoms with Crippen LogP contribution in [0.2, 0.25) is 5.02 Å². The van der Waals surface area contributed by atoms with E-state index in [0.717, 1.165) is 18.6 Å². The van der Waals surface area contributed by atoms with E-state index in [9.17, 15) is 4.79 Å². The van der Waals surface area contributed by atoms with Crippen molar-refractivity contribution >= 4 is 17.4 Å². The Balaban J connectivity index is 2.15. The molecule has 0 bridgehead atoms. The van der Waals surface area contributed by atoms with Gasteiger partial charge in [0.05, 0.1) is 5.02 Å². The number of Topliss-reactive ketones (excluding diaryl/α,β-unsaturated/α-hetero) is 1. The lowest BCUT2D eigenvalue weighted by atomic mass is 10.1. The number of rotatable bonds is 5. The SMILES string of the molecule is CCCc1ccc(Oc2ccc(C(C)=O)cc2Cl)cc1. The van der Waals surface area contributed by atoms with E-state index in [1.165, 1.54) is 12.5 Å². The van der Waals surface area contributed by atoms with Gasteiger partial charge in [-0.3, -0.25) is 4.79 Å². The molecule has 0 N–H and O–H groups in total. The van der Waals surface area contributed by atoms with Crippen LogP contribution in [0.1, 0.15) is 36.2 Å². The lowest BCUT2D eigenvalue weighted by Crippen LogP contribution is -1.93. The molecule has 0 saturated heterocycles. The number of carbonyl (C=O) groups excluding carboxylic acids is 1. The Morgan fingerprint density at radius 2 is 1.85 bits per heavy atom. The van der Waals surface area contributed by atoms with Gasteiger partial charge in [0.25, 0.3) is 0 Å². The molecule has 104 valence electrons. The molecular formula is C17H17ClO2. The van der Waals surface area contributed by atoms with Gasteiger partial charge in [-0.2, -0.15) is 0 Å². The van der Waals surface area contributed by atoms with Crippen molar-refractivity contribution in [1.82, 2.24) is 0 Å². The van der Waals surface area contributed by atoms with Gasteiger partial charge in [-0.1, -0.05) is 37.1 Å². The standard InChI is InChI=1S/C17H17ClO2/c1-3-4-13-5-8-15(9-6-13)20-17-10-7-14(12(2)19)11-16(17)18/h5-11H,3-4H2,1-2H3. The maximum absolute atomic E-state index is 11.3. The van der Waals surface area contributed by atoms with Crippen LogP contribution in [0.4, 0.5) is 0 Å². The quantitative estimate of drug-likeness (QED) is 0.699. The molecule has 2 rings (SSSR count). The monoisotopic (exact) mass is 288 g/mol. The largest absolute Gasteiger partial charge is 0.456 e. The Hall–Kier alpha value is -1.80. The molecule has 0 amide bonds. The Bertz CT molecular complexity index is 603. The molecule has 3 heteroatoms. The van der Waals surface area contributed by atoms with E-state index in [-0.39, 0.29) is 5.78 Å². The molecular weight excluding hydrogens is 272 g/mol. The molecule has 0 aliphatic heterocycles. The minimum Gasteiger partial charge on any atom is -0.456 e.